The van der Waals surface area contributed by atoms with E-state index in [4.69, 9.17) is 0 Å². The Morgan fingerprint density at radius 2 is 1.67 bits per heavy atom. The average Bonchev–Trinajstić information content (AvgIpc) is 2.82. The zero-order valence-corrected chi connectivity index (χ0v) is 20.2. The van der Waals surface area contributed by atoms with Crippen LogP contribution in [0.1, 0.15) is 30.4 Å². The molecule has 0 aliphatic carbocycles. The number of carbonyl (C=O) groups is 1. The molecule has 2 aromatic rings. The van der Waals surface area contributed by atoms with Crippen LogP contribution in [0.2, 0.25) is 0 Å². The summed E-state index contributed by atoms with van der Waals surface area (Å²) < 4.78 is 50.6. The minimum atomic E-state index is -3.55. The minimum absolute atomic E-state index is 0.0140. The van der Waals surface area contributed by atoms with Crippen molar-refractivity contribution in [2.24, 2.45) is 5.92 Å². The van der Waals surface area contributed by atoms with E-state index in [1.165, 1.54) is 16.0 Å². The Kier molecular flexibility index (Phi) is 6.74. The number of amides is 1. The Balaban J connectivity index is 1.43. The van der Waals surface area contributed by atoms with Crippen LogP contribution in [0.25, 0.3) is 6.08 Å². The smallest absolute Gasteiger partial charge is 0.236 e. The Morgan fingerprint density at radius 1 is 0.970 bits per heavy atom. The van der Waals surface area contributed by atoms with E-state index in [-0.39, 0.29) is 16.7 Å². The number of fused-ring (bicyclic) bond motifs is 1. The molecule has 0 bridgehead atoms. The van der Waals surface area contributed by atoms with Crippen LogP contribution >= 0.6 is 0 Å². The molecule has 1 saturated heterocycles. The van der Waals surface area contributed by atoms with Gasteiger partial charge < -0.3 is 4.90 Å². The number of sulfonamides is 1. The van der Waals surface area contributed by atoms with Crippen LogP contribution in [0.3, 0.4) is 0 Å². The maximum atomic E-state index is 13.3. The van der Waals surface area contributed by atoms with Crippen LogP contribution in [0.15, 0.2) is 58.8 Å². The molecule has 9 heteroatoms. The van der Waals surface area contributed by atoms with Crippen molar-refractivity contribution in [1.82, 2.24) is 4.31 Å². The molecule has 0 N–H and O–H groups in total. The second kappa shape index (κ2) is 9.40. The van der Waals surface area contributed by atoms with Crippen molar-refractivity contribution in [3.8, 4) is 0 Å². The van der Waals surface area contributed by atoms with Gasteiger partial charge in [0.25, 0.3) is 0 Å². The summed E-state index contributed by atoms with van der Waals surface area (Å²) in [5.74, 6) is -0.269. The zero-order chi connectivity index (χ0) is 23.6. The van der Waals surface area contributed by atoms with E-state index in [1.54, 1.807) is 29.2 Å². The van der Waals surface area contributed by atoms with Crippen LogP contribution in [-0.2, 0) is 31.1 Å². The number of rotatable bonds is 5. The number of sulfone groups is 1. The maximum absolute atomic E-state index is 13.3. The molecule has 33 heavy (non-hydrogen) atoms. The van der Waals surface area contributed by atoms with Gasteiger partial charge in [0.15, 0.2) is 9.84 Å². The second-order valence-corrected chi connectivity index (χ2v) is 12.4. The molecular formula is C24H28N2O5S2. The van der Waals surface area contributed by atoms with E-state index < -0.39 is 19.9 Å². The monoisotopic (exact) mass is 488 g/mol. The summed E-state index contributed by atoms with van der Waals surface area (Å²) in [6.45, 7) is 1.18. The predicted octanol–water partition coefficient (Wildman–Crippen LogP) is 3.08. The highest BCUT2D eigenvalue weighted by atomic mass is 32.2. The lowest BCUT2D eigenvalue weighted by Gasteiger charge is -2.35. The number of piperidine rings is 1. The van der Waals surface area contributed by atoms with Crippen LogP contribution in [-0.4, -0.2) is 52.9 Å². The quantitative estimate of drug-likeness (QED) is 0.645. The fourth-order valence-electron chi connectivity index (χ4n) is 4.43. The van der Waals surface area contributed by atoms with Gasteiger partial charge >= 0.3 is 0 Å². The van der Waals surface area contributed by atoms with Gasteiger partial charge in [-0.15, -0.1) is 0 Å². The first-order valence-electron chi connectivity index (χ1n) is 11.0. The van der Waals surface area contributed by atoms with Crippen molar-refractivity contribution in [3.05, 3.63) is 65.1 Å². The van der Waals surface area contributed by atoms with E-state index in [1.807, 2.05) is 30.3 Å². The largest absolute Gasteiger partial charge is 0.312 e. The number of nitrogens with zero attached hydrogens (tertiary/aromatic N) is 2. The number of benzene rings is 2. The normalized spacial score (nSPS) is 18.4. The Hall–Kier alpha value is -2.49. The van der Waals surface area contributed by atoms with E-state index in [0.717, 1.165) is 29.7 Å². The van der Waals surface area contributed by atoms with Crippen molar-refractivity contribution < 1.29 is 21.6 Å². The molecule has 0 radical (unpaired) electrons. The van der Waals surface area contributed by atoms with E-state index in [9.17, 15) is 21.6 Å². The van der Waals surface area contributed by atoms with Crippen molar-refractivity contribution in [1.29, 1.82) is 0 Å². The van der Waals surface area contributed by atoms with Gasteiger partial charge in [0.05, 0.1) is 4.90 Å². The number of hydrogen-bond donors (Lipinski definition) is 0. The van der Waals surface area contributed by atoms with Gasteiger partial charge in [-0.3, -0.25) is 4.79 Å². The highest BCUT2D eigenvalue weighted by Gasteiger charge is 2.34. The van der Waals surface area contributed by atoms with Gasteiger partial charge in [0.1, 0.15) is 0 Å². The maximum Gasteiger partial charge on any atom is 0.236 e. The summed E-state index contributed by atoms with van der Waals surface area (Å²) in [5, 5.41) is 1.23. The Morgan fingerprint density at radius 3 is 2.33 bits per heavy atom. The molecule has 0 spiro atoms. The van der Waals surface area contributed by atoms with Gasteiger partial charge in [0, 0.05) is 42.9 Å². The second-order valence-electron chi connectivity index (χ2n) is 8.59. The van der Waals surface area contributed by atoms with Gasteiger partial charge in [-0.1, -0.05) is 30.3 Å². The summed E-state index contributed by atoms with van der Waals surface area (Å²) in [6, 6.07) is 14.2. The van der Waals surface area contributed by atoms with E-state index >= 15 is 0 Å². The number of carbonyl (C=O) groups excluding carboxylic acids is 1. The molecule has 176 valence electrons. The number of aryl methyl sites for hydroxylation is 1. The third kappa shape index (κ3) is 5.37. The SMILES string of the molecule is CS(=O)(=O)c1ccc2c(c1)CCCN2C(=O)C1CCN(S(=O)(=O)/C=C/c2ccccc2)CC1. The molecule has 1 fully saturated rings. The number of hydrogen-bond acceptors (Lipinski definition) is 5. The van der Waals surface area contributed by atoms with E-state index in [2.05, 4.69) is 0 Å². The molecule has 2 aliphatic rings. The highest BCUT2D eigenvalue weighted by Crippen LogP contribution is 2.32. The van der Waals surface area contributed by atoms with Gasteiger partial charge in [-0.25, -0.2) is 16.8 Å². The molecule has 0 atom stereocenters. The van der Waals surface area contributed by atoms with Crippen LogP contribution in [0.5, 0.6) is 0 Å². The average molecular weight is 489 g/mol. The zero-order valence-electron chi connectivity index (χ0n) is 18.6. The molecular weight excluding hydrogens is 460 g/mol. The lowest BCUT2D eigenvalue weighted by molar-refractivity contribution is -0.123. The molecule has 4 rings (SSSR count). The molecule has 2 aromatic carbocycles. The van der Waals surface area contributed by atoms with Crippen molar-refractivity contribution in [2.45, 2.75) is 30.6 Å². The van der Waals surface area contributed by atoms with Crippen LogP contribution < -0.4 is 4.90 Å². The lowest BCUT2D eigenvalue weighted by atomic mass is 9.94. The topological polar surface area (TPSA) is 91.8 Å². The molecule has 2 aliphatic heterocycles. The third-order valence-corrected chi connectivity index (χ3v) is 8.93. The lowest BCUT2D eigenvalue weighted by Crippen LogP contribution is -2.45. The van der Waals surface area contributed by atoms with Crippen molar-refractivity contribution >= 4 is 37.5 Å². The molecule has 7 nitrogen and oxygen atoms in total. The first-order chi connectivity index (χ1) is 15.6. The Bertz CT molecular complexity index is 1260. The van der Waals surface area contributed by atoms with Crippen LogP contribution in [0, 0.1) is 5.92 Å². The molecule has 0 aromatic heterocycles. The summed E-state index contributed by atoms with van der Waals surface area (Å²) in [7, 11) is -6.86. The molecule has 2 heterocycles. The molecule has 0 unspecified atom stereocenters. The van der Waals surface area contributed by atoms with E-state index in [0.29, 0.717) is 32.5 Å². The highest BCUT2D eigenvalue weighted by molar-refractivity contribution is 7.92. The fourth-order valence-corrected chi connectivity index (χ4v) is 6.32. The fraction of sp³-hybridized carbons (Fsp3) is 0.375. The standard InChI is InChI=1S/C24H28N2O5S2/c1-32(28,29)22-9-10-23-21(18-22)8-5-14-26(23)24(27)20-11-15-25(16-12-20)33(30,31)17-13-19-6-3-2-4-7-19/h2-4,6-7,9-10,13,17-18,20H,5,8,11-12,14-16H2,1H3/b17-13+. The molecule has 1 amide bonds. The predicted molar refractivity (Wildman–Crippen MR) is 129 cm³/mol. The Labute approximate surface area is 195 Å². The first-order valence-corrected chi connectivity index (χ1v) is 14.4. The summed E-state index contributed by atoms with van der Waals surface area (Å²) >= 11 is 0. The van der Waals surface area contributed by atoms with Crippen LogP contribution in [0.4, 0.5) is 5.69 Å². The molecule has 0 saturated carbocycles. The van der Waals surface area contributed by atoms with Crippen molar-refractivity contribution in [3.63, 3.8) is 0 Å². The summed E-state index contributed by atoms with van der Waals surface area (Å²) in [6.07, 6.45) is 5.19. The first kappa shape index (κ1) is 23.7. The third-order valence-electron chi connectivity index (χ3n) is 6.26. The summed E-state index contributed by atoms with van der Waals surface area (Å²) in [4.78, 5) is 15.3. The van der Waals surface area contributed by atoms with Gasteiger partial charge in [-0.05, 0) is 61.1 Å². The summed E-state index contributed by atoms with van der Waals surface area (Å²) in [5.41, 5.74) is 2.44. The minimum Gasteiger partial charge on any atom is -0.312 e. The van der Waals surface area contributed by atoms with Gasteiger partial charge in [0.2, 0.25) is 15.9 Å². The van der Waals surface area contributed by atoms with Crippen molar-refractivity contribution in [2.75, 3.05) is 30.8 Å². The number of anilines is 1. The van der Waals surface area contributed by atoms with Gasteiger partial charge in [-0.2, -0.15) is 4.31 Å².